The second-order valence-electron chi connectivity index (χ2n) is 11.5. The Bertz CT molecular complexity index is 1060. The third-order valence-electron chi connectivity index (χ3n) is 8.34. The molecule has 8 heteroatoms. The van der Waals surface area contributed by atoms with Gasteiger partial charge in [-0.2, -0.15) is 0 Å². The van der Waals surface area contributed by atoms with Crippen LogP contribution in [0.5, 0.6) is 0 Å². The Balaban J connectivity index is 1.47. The third-order valence-corrected chi connectivity index (χ3v) is 8.34. The lowest BCUT2D eigenvalue weighted by Crippen LogP contribution is -2.41. The van der Waals surface area contributed by atoms with Gasteiger partial charge in [-0.05, 0) is 63.5 Å². The van der Waals surface area contributed by atoms with E-state index >= 15 is 0 Å². The van der Waals surface area contributed by atoms with Gasteiger partial charge in [0.1, 0.15) is 5.82 Å². The highest BCUT2D eigenvalue weighted by Crippen LogP contribution is 2.70. The first-order valence-corrected chi connectivity index (χ1v) is 11.1. The zero-order chi connectivity index (χ0) is 22.6. The van der Waals surface area contributed by atoms with E-state index in [4.69, 9.17) is 14.3 Å². The molecule has 3 atom stereocenters. The number of aromatic amines is 1. The van der Waals surface area contributed by atoms with Crippen molar-refractivity contribution in [3.05, 3.63) is 24.0 Å². The minimum Gasteiger partial charge on any atom is -0.465 e. The van der Waals surface area contributed by atoms with E-state index in [2.05, 4.69) is 25.8 Å². The summed E-state index contributed by atoms with van der Waals surface area (Å²) in [6.07, 6.45) is 0.875. The lowest BCUT2D eigenvalue weighted by Gasteiger charge is -2.32. The number of nitrogens with one attached hydrogen (secondary N) is 1. The monoisotopic (exact) mass is 425 g/mol. The van der Waals surface area contributed by atoms with Crippen molar-refractivity contribution in [2.75, 3.05) is 0 Å². The van der Waals surface area contributed by atoms with Crippen molar-refractivity contribution in [3.8, 4) is 0 Å². The molecule has 1 aliphatic carbocycles. The van der Waals surface area contributed by atoms with Crippen LogP contribution in [-0.2, 0) is 9.31 Å². The van der Waals surface area contributed by atoms with Crippen molar-refractivity contribution < 1.29 is 19.2 Å². The van der Waals surface area contributed by atoms with E-state index in [9.17, 15) is 9.90 Å². The van der Waals surface area contributed by atoms with Gasteiger partial charge in [0, 0.05) is 11.5 Å². The molecule has 2 saturated heterocycles. The van der Waals surface area contributed by atoms with Crippen LogP contribution in [0.4, 0.5) is 4.79 Å². The normalized spacial score (nSPS) is 31.3. The Morgan fingerprint density at radius 2 is 1.84 bits per heavy atom. The summed E-state index contributed by atoms with van der Waals surface area (Å²) in [5, 5.41) is 9.93. The molecule has 166 valence electrons. The third kappa shape index (κ3) is 2.87. The van der Waals surface area contributed by atoms with E-state index in [0.29, 0.717) is 0 Å². The molecule has 1 aromatic heterocycles. The number of H-pyrrole nitrogens is 1. The summed E-state index contributed by atoms with van der Waals surface area (Å²) in [5.41, 5.74) is 1.90. The summed E-state index contributed by atoms with van der Waals surface area (Å²) in [6.45, 7) is 14.8. The second-order valence-corrected chi connectivity index (χ2v) is 11.5. The van der Waals surface area contributed by atoms with Crippen LogP contribution >= 0.6 is 0 Å². The first kappa shape index (κ1) is 20.8. The van der Waals surface area contributed by atoms with E-state index in [-0.39, 0.29) is 22.9 Å². The molecule has 7 nitrogen and oxygen atoms in total. The first-order chi connectivity index (χ1) is 14.3. The van der Waals surface area contributed by atoms with Gasteiger partial charge < -0.3 is 19.4 Å². The fourth-order valence-corrected chi connectivity index (χ4v) is 5.47. The topological polar surface area (TPSA) is 87.7 Å². The molecular formula is C23H32BN3O4. The van der Waals surface area contributed by atoms with Crippen LogP contribution in [0, 0.1) is 10.8 Å². The summed E-state index contributed by atoms with van der Waals surface area (Å²) in [4.78, 5) is 21.9. The van der Waals surface area contributed by atoms with Gasteiger partial charge >= 0.3 is 13.2 Å². The Morgan fingerprint density at radius 3 is 2.42 bits per heavy atom. The highest BCUT2D eigenvalue weighted by molar-refractivity contribution is 6.62. The van der Waals surface area contributed by atoms with E-state index in [0.717, 1.165) is 35.2 Å². The second kappa shape index (κ2) is 6.04. The van der Waals surface area contributed by atoms with Crippen LogP contribution in [0.25, 0.3) is 11.0 Å². The Morgan fingerprint density at radius 1 is 1.19 bits per heavy atom. The van der Waals surface area contributed by atoms with Crippen LogP contribution < -0.4 is 5.46 Å². The molecule has 3 fully saturated rings. The lowest BCUT2D eigenvalue weighted by atomic mass is 9.75. The Hall–Kier alpha value is -2.06. The van der Waals surface area contributed by atoms with Crippen LogP contribution in [0.15, 0.2) is 18.2 Å². The zero-order valence-electron chi connectivity index (χ0n) is 19.4. The van der Waals surface area contributed by atoms with Gasteiger partial charge in [-0.25, -0.2) is 9.78 Å². The fourth-order valence-electron chi connectivity index (χ4n) is 5.47. The SMILES string of the molecule is CC(C)(C)C12C[C@@H](c3nc4ccc(B5OC(C)(C)C(C)(C)O5)cc4[nH]3)N(C(=O)O)[C@@H]1C2. The number of fused-ring (bicyclic) bond motifs is 2. The van der Waals surface area contributed by atoms with Crippen molar-refractivity contribution in [3.63, 3.8) is 0 Å². The van der Waals surface area contributed by atoms with Gasteiger partial charge in [0.05, 0.1) is 28.3 Å². The molecule has 1 saturated carbocycles. The van der Waals surface area contributed by atoms with Gasteiger partial charge in [0.25, 0.3) is 0 Å². The van der Waals surface area contributed by atoms with Gasteiger partial charge in [-0.3, -0.25) is 4.90 Å². The molecule has 0 radical (unpaired) electrons. The lowest BCUT2D eigenvalue weighted by molar-refractivity contribution is 0.00578. The quantitative estimate of drug-likeness (QED) is 0.708. The minimum absolute atomic E-state index is 0.0306. The Labute approximate surface area is 183 Å². The summed E-state index contributed by atoms with van der Waals surface area (Å²) >= 11 is 0. The van der Waals surface area contributed by atoms with Crippen molar-refractivity contribution in [1.82, 2.24) is 14.9 Å². The van der Waals surface area contributed by atoms with Crippen LogP contribution in [0.1, 0.15) is 73.2 Å². The van der Waals surface area contributed by atoms with E-state index in [1.165, 1.54) is 0 Å². The molecule has 2 aromatic rings. The van der Waals surface area contributed by atoms with Gasteiger partial charge in [-0.1, -0.05) is 26.8 Å². The van der Waals surface area contributed by atoms with E-state index in [1.807, 2.05) is 45.9 Å². The molecule has 2 aliphatic heterocycles. The molecule has 1 aromatic carbocycles. The molecule has 0 spiro atoms. The maximum absolute atomic E-state index is 12.1. The predicted octanol–water partition coefficient (Wildman–Crippen LogP) is 4.09. The number of imidazole rings is 1. The number of hydrogen-bond acceptors (Lipinski definition) is 4. The standard InChI is InChI=1S/C23H32BN3O4/c1-20(2,3)23-11-16(27(19(28)29)17(23)12-23)18-25-14-9-8-13(10-15(14)26-18)24-30-21(4,5)22(6,7)31-24/h8-10,16-17H,11-12H2,1-7H3,(H,25,26)(H,28,29)/t16-,17+,23?/m0/s1. The molecule has 5 rings (SSSR count). The van der Waals surface area contributed by atoms with Crippen molar-refractivity contribution in [1.29, 1.82) is 0 Å². The summed E-state index contributed by atoms with van der Waals surface area (Å²) in [7, 11) is -0.444. The van der Waals surface area contributed by atoms with Crippen LogP contribution in [0.3, 0.4) is 0 Å². The molecule has 2 N–H and O–H groups in total. The van der Waals surface area contributed by atoms with Gasteiger partial charge in [0.2, 0.25) is 0 Å². The van der Waals surface area contributed by atoms with E-state index < -0.39 is 24.4 Å². The van der Waals surface area contributed by atoms with Crippen molar-refractivity contribution in [2.45, 2.75) is 84.6 Å². The number of aromatic nitrogens is 2. The number of amides is 1. The molecule has 1 unspecified atom stereocenters. The number of likely N-dealkylation sites (tertiary alicyclic amines) is 1. The van der Waals surface area contributed by atoms with Gasteiger partial charge in [-0.15, -0.1) is 0 Å². The largest absolute Gasteiger partial charge is 0.494 e. The number of rotatable bonds is 2. The van der Waals surface area contributed by atoms with Crippen molar-refractivity contribution >= 4 is 29.7 Å². The number of hydrogen-bond donors (Lipinski definition) is 2. The number of carboxylic acid groups (broad SMARTS) is 1. The van der Waals surface area contributed by atoms with Crippen LogP contribution in [-0.4, -0.2) is 50.4 Å². The summed E-state index contributed by atoms with van der Waals surface area (Å²) < 4.78 is 12.4. The summed E-state index contributed by atoms with van der Waals surface area (Å²) in [6, 6.07) is 5.77. The minimum atomic E-state index is -0.864. The molecular weight excluding hydrogens is 393 g/mol. The fraction of sp³-hybridized carbons (Fsp3) is 0.652. The van der Waals surface area contributed by atoms with Crippen LogP contribution in [0.2, 0.25) is 0 Å². The number of piperidine rings is 1. The summed E-state index contributed by atoms with van der Waals surface area (Å²) in [5.74, 6) is 0.722. The molecule has 3 heterocycles. The highest BCUT2D eigenvalue weighted by Gasteiger charge is 2.71. The Kier molecular flexibility index (Phi) is 4.06. The average molecular weight is 425 g/mol. The first-order valence-electron chi connectivity index (χ1n) is 11.1. The maximum atomic E-state index is 12.1. The number of carbonyl (C=O) groups is 1. The molecule has 31 heavy (non-hydrogen) atoms. The number of nitrogens with zero attached hydrogens (tertiary/aromatic N) is 2. The van der Waals surface area contributed by atoms with E-state index in [1.54, 1.807) is 4.90 Å². The molecule has 1 amide bonds. The molecule has 0 bridgehead atoms. The van der Waals surface area contributed by atoms with Crippen molar-refractivity contribution in [2.24, 2.45) is 10.8 Å². The molecule has 3 aliphatic rings. The number of benzene rings is 1. The maximum Gasteiger partial charge on any atom is 0.494 e. The highest BCUT2D eigenvalue weighted by atomic mass is 16.7. The van der Waals surface area contributed by atoms with Gasteiger partial charge in [0.15, 0.2) is 0 Å². The smallest absolute Gasteiger partial charge is 0.465 e. The zero-order valence-corrected chi connectivity index (χ0v) is 19.4. The average Bonchev–Trinajstić information content (AvgIpc) is 2.97. The predicted molar refractivity (Wildman–Crippen MR) is 119 cm³/mol.